The minimum Gasteiger partial charge on any atom is -0.234 e. The van der Waals surface area contributed by atoms with E-state index in [1.165, 1.54) is 0 Å². The molecule has 1 aliphatic rings. The molecular weight excluding hydrogens is 469 g/mol. The maximum Gasteiger partial charge on any atom is 0.403 e. The minimum absolute atomic E-state index is 2.87. The predicted octanol–water partition coefficient (Wildman–Crippen LogP) is 3.81. The smallest absolute Gasteiger partial charge is 0.234 e. The zero-order valence-electron chi connectivity index (χ0n) is 12.6. The summed E-state index contributed by atoms with van der Waals surface area (Å²) < 4.78 is 185. The molecular formula is C11H5F11O4S2. The summed E-state index contributed by atoms with van der Waals surface area (Å²) in [6.45, 7) is 0. The predicted molar refractivity (Wildman–Crippen MR) is 70.1 cm³/mol. The van der Waals surface area contributed by atoms with E-state index in [0.29, 0.717) is 0 Å². The van der Waals surface area contributed by atoms with Crippen LogP contribution in [0.25, 0.3) is 0 Å². The van der Waals surface area contributed by atoms with E-state index in [4.69, 9.17) is 0 Å². The number of hydrogen-bond donors (Lipinski definition) is 0. The van der Waals surface area contributed by atoms with Gasteiger partial charge in [0, 0.05) is 0 Å². The van der Waals surface area contributed by atoms with Crippen molar-refractivity contribution in [1.29, 1.82) is 0 Å². The average Bonchev–Trinajstić information content (AvgIpc) is 2.41. The molecule has 1 aliphatic carbocycles. The highest BCUT2D eigenvalue weighted by Gasteiger charge is 2.50. The Hall–Kier alpha value is -1.65. The number of allylic oxidation sites excluding steroid dienone is 5. The Balaban J connectivity index is 4.02. The third-order valence-electron chi connectivity index (χ3n) is 2.80. The summed E-state index contributed by atoms with van der Waals surface area (Å²) in [5.74, 6) is -18.6. The van der Waals surface area contributed by atoms with E-state index in [9.17, 15) is 65.1 Å². The molecule has 1 atom stereocenters. The second-order valence-electron chi connectivity index (χ2n) is 5.10. The Bertz CT molecular complexity index is 917. The first-order chi connectivity index (χ1) is 12.2. The molecule has 0 amide bonds. The summed E-state index contributed by atoms with van der Waals surface area (Å²) in [6, 6.07) is 0. The summed E-state index contributed by atoms with van der Waals surface area (Å²) >= 11 is 0. The molecule has 0 fully saturated rings. The SMILES string of the molecule is O=S(=O)(CC(F)(F)F)C(=C1C(F)=C(F)C(F)=C(F)C1F)S(=O)(=O)CC(F)(F)F. The zero-order chi connectivity index (χ0) is 22.5. The van der Waals surface area contributed by atoms with E-state index in [-0.39, 0.29) is 0 Å². The van der Waals surface area contributed by atoms with Crippen molar-refractivity contribution in [3.63, 3.8) is 0 Å². The van der Waals surface area contributed by atoms with Crippen molar-refractivity contribution in [2.75, 3.05) is 11.5 Å². The van der Waals surface area contributed by atoms with Gasteiger partial charge in [0.15, 0.2) is 64.9 Å². The van der Waals surface area contributed by atoms with Crippen LogP contribution in [-0.2, 0) is 19.7 Å². The van der Waals surface area contributed by atoms with Crippen molar-refractivity contribution in [2.45, 2.75) is 18.5 Å². The van der Waals surface area contributed by atoms with Gasteiger partial charge in [0.1, 0.15) is 0 Å². The van der Waals surface area contributed by atoms with Crippen LogP contribution in [0.15, 0.2) is 33.1 Å². The minimum atomic E-state index is -6.57. The van der Waals surface area contributed by atoms with E-state index >= 15 is 0 Å². The number of sulfone groups is 2. The third kappa shape index (κ3) is 5.24. The van der Waals surface area contributed by atoms with Crippen LogP contribution < -0.4 is 0 Å². The second kappa shape index (κ2) is 7.31. The van der Waals surface area contributed by atoms with Gasteiger partial charge in [0.05, 0.1) is 5.57 Å². The summed E-state index contributed by atoms with van der Waals surface area (Å²) in [4.78, 5) is 0. The molecule has 28 heavy (non-hydrogen) atoms. The maximum absolute atomic E-state index is 13.8. The molecule has 0 aliphatic heterocycles. The molecule has 0 aromatic heterocycles. The molecule has 4 nitrogen and oxygen atoms in total. The monoisotopic (exact) mass is 474 g/mol. The normalized spacial score (nSPS) is 20.1. The lowest BCUT2D eigenvalue weighted by Crippen LogP contribution is -2.34. The fourth-order valence-corrected chi connectivity index (χ4v) is 6.03. The van der Waals surface area contributed by atoms with E-state index in [1.807, 2.05) is 0 Å². The molecule has 0 N–H and O–H groups in total. The number of rotatable bonds is 4. The van der Waals surface area contributed by atoms with Crippen molar-refractivity contribution in [3.05, 3.63) is 33.1 Å². The van der Waals surface area contributed by atoms with Crippen LogP contribution in [0.4, 0.5) is 48.3 Å². The van der Waals surface area contributed by atoms with E-state index in [1.54, 1.807) is 0 Å². The van der Waals surface area contributed by atoms with Crippen LogP contribution in [0.5, 0.6) is 0 Å². The molecule has 1 rings (SSSR count). The Morgan fingerprint density at radius 2 is 1.07 bits per heavy atom. The van der Waals surface area contributed by atoms with Gasteiger partial charge in [0.2, 0.25) is 0 Å². The summed E-state index contributed by atoms with van der Waals surface area (Å²) in [6.07, 6.45) is -15.8. The van der Waals surface area contributed by atoms with Crippen molar-refractivity contribution in [3.8, 4) is 0 Å². The molecule has 0 aromatic rings. The molecule has 162 valence electrons. The topological polar surface area (TPSA) is 68.3 Å². The first kappa shape index (κ1) is 24.4. The highest BCUT2D eigenvalue weighted by atomic mass is 32.3. The maximum atomic E-state index is 13.8. The Morgan fingerprint density at radius 1 is 0.714 bits per heavy atom. The lowest BCUT2D eigenvalue weighted by molar-refractivity contribution is -0.107. The summed E-state index contributed by atoms with van der Waals surface area (Å²) in [5.41, 5.74) is -2.87. The van der Waals surface area contributed by atoms with Crippen molar-refractivity contribution < 1.29 is 65.1 Å². The van der Waals surface area contributed by atoms with Gasteiger partial charge in [-0.1, -0.05) is 0 Å². The first-order valence-electron chi connectivity index (χ1n) is 6.29. The standard InChI is InChI=1S/C11H5F11O4S2/c12-4-3(5(13)7(15)8(16)6(4)14)9(27(23,24)1-10(17,18)19)28(25,26)2-11(20,21)22/h4H,1-2H2. The lowest BCUT2D eigenvalue weighted by atomic mass is 10.0. The molecule has 0 bridgehead atoms. The van der Waals surface area contributed by atoms with Crippen LogP contribution in [0.2, 0.25) is 0 Å². The molecule has 1 unspecified atom stereocenters. The van der Waals surface area contributed by atoms with Crippen LogP contribution in [0.3, 0.4) is 0 Å². The molecule has 0 saturated carbocycles. The van der Waals surface area contributed by atoms with Crippen molar-refractivity contribution >= 4 is 19.7 Å². The fraction of sp³-hybridized carbons (Fsp3) is 0.455. The van der Waals surface area contributed by atoms with Gasteiger partial charge in [-0.15, -0.1) is 0 Å². The lowest BCUT2D eigenvalue weighted by Gasteiger charge is -2.21. The largest absolute Gasteiger partial charge is 0.403 e. The summed E-state index contributed by atoms with van der Waals surface area (Å²) in [5, 5.41) is 0. The van der Waals surface area contributed by atoms with Crippen LogP contribution in [0.1, 0.15) is 0 Å². The molecule has 17 heteroatoms. The van der Waals surface area contributed by atoms with Gasteiger partial charge in [-0.2, -0.15) is 26.3 Å². The van der Waals surface area contributed by atoms with E-state index in [2.05, 4.69) is 0 Å². The molecule has 0 spiro atoms. The van der Waals surface area contributed by atoms with Crippen molar-refractivity contribution in [1.82, 2.24) is 0 Å². The molecule has 0 aromatic carbocycles. The fourth-order valence-electron chi connectivity index (χ4n) is 1.95. The molecule has 0 heterocycles. The first-order valence-corrected chi connectivity index (χ1v) is 9.60. The summed E-state index contributed by atoms with van der Waals surface area (Å²) in [7, 11) is -13.1. The number of hydrogen-bond acceptors (Lipinski definition) is 4. The average molecular weight is 474 g/mol. The van der Waals surface area contributed by atoms with Gasteiger partial charge in [0.25, 0.3) is 0 Å². The molecule has 0 saturated heterocycles. The van der Waals surface area contributed by atoms with Gasteiger partial charge in [-0.25, -0.2) is 38.8 Å². The van der Waals surface area contributed by atoms with Gasteiger partial charge < -0.3 is 0 Å². The van der Waals surface area contributed by atoms with E-state index in [0.717, 1.165) is 0 Å². The highest BCUT2D eigenvalue weighted by molar-refractivity contribution is 8.14. The van der Waals surface area contributed by atoms with Crippen LogP contribution in [0, 0.1) is 0 Å². The quantitative estimate of drug-likeness (QED) is 0.582. The van der Waals surface area contributed by atoms with Crippen LogP contribution >= 0.6 is 0 Å². The number of halogens is 11. The highest BCUT2D eigenvalue weighted by Crippen LogP contribution is 2.44. The van der Waals surface area contributed by atoms with Crippen LogP contribution in [-0.4, -0.2) is 46.9 Å². The Labute approximate surface area is 148 Å². The second-order valence-corrected chi connectivity index (χ2v) is 9.21. The van der Waals surface area contributed by atoms with E-state index < -0.39 is 82.8 Å². The zero-order valence-corrected chi connectivity index (χ0v) is 14.2. The Kier molecular flexibility index (Phi) is 6.37. The Morgan fingerprint density at radius 3 is 1.39 bits per heavy atom. The van der Waals surface area contributed by atoms with Gasteiger partial charge >= 0.3 is 12.4 Å². The third-order valence-corrected chi connectivity index (χ3v) is 7.31. The number of alkyl halides is 7. The van der Waals surface area contributed by atoms with Gasteiger partial charge in [-0.3, -0.25) is 0 Å². The van der Waals surface area contributed by atoms with Crippen molar-refractivity contribution in [2.24, 2.45) is 0 Å². The van der Waals surface area contributed by atoms with Gasteiger partial charge in [-0.05, 0) is 0 Å². The molecule has 0 radical (unpaired) electrons.